The molecular weight excluding hydrogens is 316 g/mol. The number of hydrogen-bond donors (Lipinski definition) is 1. The first-order chi connectivity index (χ1) is 12.2. The van der Waals surface area contributed by atoms with Crippen molar-refractivity contribution in [3.63, 3.8) is 0 Å². The minimum Gasteiger partial charge on any atom is -0.508 e. The predicted octanol–water partition coefficient (Wildman–Crippen LogP) is 6.35. The van der Waals surface area contributed by atoms with E-state index in [1.807, 2.05) is 12.1 Å². The highest BCUT2D eigenvalue weighted by atomic mass is 16.3. The Kier molecular flexibility index (Phi) is 4.66. The molecule has 1 nitrogen and oxygen atoms in total. The third kappa shape index (κ3) is 3.39. The van der Waals surface area contributed by atoms with Gasteiger partial charge in [0.15, 0.2) is 0 Å². The van der Waals surface area contributed by atoms with Crippen molar-refractivity contribution in [2.45, 2.75) is 45.4 Å². The van der Waals surface area contributed by atoms with Crippen LogP contribution in [-0.4, -0.2) is 5.11 Å². The molecule has 0 radical (unpaired) electrons. The number of aryl methyl sites for hydroxylation is 1. The summed E-state index contributed by atoms with van der Waals surface area (Å²) < 4.78 is 0. The average Bonchev–Trinajstić information content (AvgIpc) is 2.62. The number of rotatable bonds is 4. The SMILES string of the molecule is Cc1ccc(C(C)(C)c2ccc(C(C)(C)c3ccc(O)cc3)cc2)cc1. The minimum absolute atomic E-state index is 0.0328. The molecule has 0 aliphatic carbocycles. The molecule has 0 bridgehead atoms. The quantitative estimate of drug-likeness (QED) is 0.584. The number of hydrogen-bond acceptors (Lipinski definition) is 1. The zero-order valence-electron chi connectivity index (χ0n) is 16.4. The largest absolute Gasteiger partial charge is 0.508 e. The normalized spacial score (nSPS) is 12.2. The summed E-state index contributed by atoms with van der Waals surface area (Å²) in [6.45, 7) is 11.1. The lowest BCUT2D eigenvalue weighted by Crippen LogP contribution is -2.21. The monoisotopic (exact) mass is 344 g/mol. The van der Waals surface area contributed by atoms with Crippen LogP contribution in [0.2, 0.25) is 0 Å². The third-order valence-electron chi connectivity index (χ3n) is 5.69. The molecule has 1 N–H and O–H groups in total. The third-order valence-corrected chi connectivity index (χ3v) is 5.69. The molecule has 0 spiro atoms. The molecule has 134 valence electrons. The van der Waals surface area contributed by atoms with Gasteiger partial charge in [0.1, 0.15) is 5.75 Å². The summed E-state index contributed by atoms with van der Waals surface area (Å²) in [4.78, 5) is 0. The van der Waals surface area contributed by atoms with Gasteiger partial charge in [-0.25, -0.2) is 0 Å². The topological polar surface area (TPSA) is 20.2 Å². The summed E-state index contributed by atoms with van der Waals surface area (Å²) in [6.07, 6.45) is 0. The zero-order chi connectivity index (χ0) is 18.9. The van der Waals surface area contributed by atoms with Crippen LogP contribution < -0.4 is 0 Å². The Morgan fingerprint density at radius 3 is 1.12 bits per heavy atom. The molecule has 0 aliphatic rings. The molecule has 0 saturated carbocycles. The predicted molar refractivity (Wildman–Crippen MR) is 110 cm³/mol. The van der Waals surface area contributed by atoms with E-state index >= 15 is 0 Å². The Hall–Kier alpha value is -2.54. The number of phenols is 1. The molecule has 1 heteroatoms. The van der Waals surface area contributed by atoms with E-state index in [-0.39, 0.29) is 10.8 Å². The number of phenolic OH excluding ortho intramolecular Hbond substituents is 1. The van der Waals surface area contributed by atoms with Gasteiger partial charge in [0.25, 0.3) is 0 Å². The van der Waals surface area contributed by atoms with Crippen LogP contribution in [0.4, 0.5) is 0 Å². The van der Waals surface area contributed by atoms with Crippen molar-refractivity contribution < 1.29 is 5.11 Å². The average molecular weight is 344 g/mol. The van der Waals surface area contributed by atoms with Gasteiger partial charge in [-0.1, -0.05) is 93.9 Å². The van der Waals surface area contributed by atoms with E-state index in [4.69, 9.17) is 0 Å². The van der Waals surface area contributed by atoms with Gasteiger partial charge in [-0.2, -0.15) is 0 Å². The smallest absolute Gasteiger partial charge is 0.115 e. The van der Waals surface area contributed by atoms with E-state index in [0.29, 0.717) is 5.75 Å². The van der Waals surface area contributed by atoms with E-state index in [1.54, 1.807) is 12.1 Å². The lowest BCUT2D eigenvalue weighted by atomic mass is 9.74. The maximum atomic E-state index is 9.54. The standard InChI is InChI=1S/C25H28O/c1-18-6-8-19(9-7-18)24(2,3)20-10-12-21(13-11-20)25(4,5)22-14-16-23(26)17-15-22/h6-17,26H,1-5H3. The lowest BCUT2D eigenvalue weighted by molar-refractivity contribution is 0.474. The molecule has 3 rings (SSSR count). The fourth-order valence-electron chi connectivity index (χ4n) is 3.49. The van der Waals surface area contributed by atoms with E-state index in [1.165, 1.54) is 27.8 Å². The van der Waals surface area contributed by atoms with Gasteiger partial charge in [-0.15, -0.1) is 0 Å². The van der Waals surface area contributed by atoms with Crippen molar-refractivity contribution in [2.75, 3.05) is 0 Å². The molecular formula is C25H28O. The van der Waals surface area contributed by atoms with Gasteiger partial charge in [0, 0.05) is 10.8 Å². The summed E-state index contributed by atoms with van der Waals surface area (Å²) in [7, 11) is 0. The summed E-state index contributed by atoms with van der Waals surface area (Å²) in [6, 6.07) is 25.3. The maximum Gasteiger partial charge on any atom is 0.115 e. The van der Waals surface area contributed by atoms with Crippen LogP contribution in [0.15, 0.2) is 72.8 Å². The van der Waals surface area contributed by atoms with Crippen molar-refractivity contribution in [2.24, 2.45) is 0 Å². The Balaban J connectivity index is 1.92. The van der Waals surface area contributed by atoms with Crippen molar-refractivity contribution >= 4 is 0 Å². The Labute approximate surface area is 157 Å². The fourth-order valence-corrected chi connectivity index (χ4v) is 3.49. The number of aromatic hydroxyl groups is 1. The van der Waals surface area contributed by atoms with Crippen LogP contribution >= 0.6 is 0 Å². The Morgan fingerprint density at radius 1 is 0.500 bits per heavy atom. The molecule has 0 fully saturated rings. The van der Waals surface area contributed by atoms with E-state index in [0.717, 1.165) is 0 Å². The second kappa shape index (κ2) is 6.64. The lowest BCUT2D eigenvalue weighted by Gasteiger charge is -2.29. The van der Waals surface area contributed by atoms with Crippen molar-refractivity contribution in [1.29, 1.82) is 0 Å². The molecule has 26 heavy (non-hydrogen) atoms. The first-order valence-corrected chi connectivity index (χ1v) is 9.19. The van der Waals surface area contributed by atoms with Gasteiger partial charge in [0.2, 0.25) is 0 Å². The highest BCUT2D eigenvalue weighted by Crippen LogP contribution is 2.36. The second-order valence-corrected chi connectivity index (χ2v) is 8.24. The van der Waals surface area contributed by atoms with Gasteiger partial charge < -0.3 is 5.11 Å². The van der Waals surface area contributed by atoms with Gasteiger partial charge in [-0.3, -0.25) is 0 Å². The van der Waals surface area contributed by atoms with Crippen molar-refractivity contribution in [3.05, 3.63) is 101 Å². The molecule has 0 heterocycles. The van der Waals surface area contributed by atoms with E-state index in [9.17, 15) is 5.11 Å². The summed E-state index contributed by atoms with van der Waals surface area (Å²) in [5.74, 6) is 0.305. The van der Waals surface area contributed by atoms with Crippen LogP contribution in [-0.2, 0) is 10.8 Å². The molecule has 0 unspecified atom stereocenters. The molecule has 0 amide bonds. The van der Waals surface area contributed by atoms with Gasteiger partial charge in [0.05, 0.1) is 0 Å². The van der Waals surface area contributed by atoms with Crippen LogP contribution in [0.5, 0.6) is 5.75 Å². The van der Waals surface area contributed by atoms with Crippen LogP contribution in [0.25, 0.3) is 0 Å². The Morgan fingerprint density at radius 2 is 0.769 bits per heavy atom. The summed E-state index contributed by atoms with van der Waals surface area (Å²) in [5, 5.41) is 9.54. The minimum atomic E-state index is -0.111. The van der Waals surface area contributed by atoms with Crippen molar-refractivity contribution in [1.82, 2.24) is 0 Å². The van der Waals surface area contributed by atoms with Crippen LogP contribution in [0.3, 0.4) is 0 Å². The summed E-state index contributed by atoms with van der Waals surface area (Å²) in [5.41, 5.74) is 6.25. The first-order valence-electron chi connectivity index (χ1n) is 9.19. The van der Waals surface area contributed by atoms with E-state index < -0.39 is 0 Å². The van der Waals surface area contributed by atoms with Gasteiger partial charge in [-0.05, 0) is 41.3 Å². The molecule has 0 atom stereocenters. The van der Waals surface area contributed by atoms with Crippen molar-refractivity contribution in [3.8, 4) is 5.75 Å². The van der Waals surface area contributed by atoms with Crippen LogP contribution in [0.1, 0.15) is 55.5 Å². The second-order valence-electron chi connectivity index (χ2n) is 8.24. The first kappa shape index (κ1) is 18.3. The molecule has 0 aliphatic heterocycles. The Bertz CT molecular complexity index is 790. The number of benzene rings is 3. The highest BCUT2D eigenvalue weighted by molar-refractivity contribution is 5.44. The molecule has 3 aromatic rings. The van der Waals surface area contributed by atoms with Crippen LogP contribution in [0, 0.1) is 6.92 Å². The fraction of sp³-hybridized carbons (Fsp3) is 0.280. The molecule has 3 aromatic carbocycles. The zero-order valence-corrected chi connectivity index (χ0v) is 16.4. The molecule has 0 saturated heterocycles. The van der Waals surface area contributed by atoms with Gasteiger partial charge >= 0.3 is 0 Å². The maximum absolute atomic E-state index is 9.54. The van der Waals surface area contributed by atoms with E-state index in [2.05, 4.69) is 83.1 Å². The highest BCUT2D eigenvalue weighted by Gasteiger charge is 2.26. The summed E-state index contributed by atoms with van der Waals surface area (Å²) >= 11 is 0. The molecule has 0 aromatic heterocycles.